The lowest BCUT2D eigenvalue weighted by Gasteiger charge is -2.12. The van der Waals surface area contributed by atoms with E-state index in [9.17, 15) is 4.79 Å². The predicted octanol–water partition coefficient (Wildman–Crippen LogP) is 3.26. The summed E-state index contributed by atoms with van der Waals surface area (Å²) in [6, 6.07) is 3.88. The topological polar surface area (TPSA) is 47.6 Å². The monoisotopic (exact) mass is 301 g/mol. The van der Waals surface area contributed by atoms with E-state index in [0.29, 0.717) is 6.61 Å². The number of nitrogens with one attached hydrogen (secondary N) is 1. The summed E-state index contributed by atoms with van der Waals surface area (Å²) in [6.07, 6.45) is -0.462. The molecule has 94 valence electrons. The Kier molecular flexibility index (Phi) is 5.44. The van der Waals surface area contributed by atoms with Crippen LogP contribution in [0.25, 0.3) is 0 Å². The maximum Gasteiger partial charge on any atom is 0.411 e. The number of rotatable bonds is 4. The van der Waals surface area contributed by atoms with Gasteiger partial charge in [-0.3, -0.25) is 5.32 Å². The van der Waals surface area contributed by atoms with Crippen LogP contribution in [0.2, 0.25) is 0 Å². The molecule has 5 heteroatoms. The highest BCUT2D eigenvalue weighted by Gasteiger charge is 2.08. The van der Waals surface area contributed by atoms with E-state index >= 15 is 0 Å². The molecule has 0 aliphatic rings. The third-order valence-electron chi connectivity index (χ3n) is 2.25. The minimum Gasteiger partial charge on any atom is -0.447 e. The van der Waals surface area contributed by atoms with E-state index in [2.05, 4.69) is 21.2 Å². The number of carbonyl (C=O) groups excluding carboxylic acids is 1. The van der Waals surface area contributed by atoms with Crippen molar-refractivity contribution < 1.29 is 14.3 Å². The molecule has 0 aromatic heterocycles. The maximum atomic E-state index is 11.5. The zero-order valence-corrected chi connectivity index (χ0v) is 11.8. The molecule has 0 saturated heterocycles. The molecule has 0 saturated carbocycles. The molecule has 0 unspecified atom stereocenters. The van der Waals surface area contributed by atoms with Gasteiger partial charge in [-0.1, -0.05) is 15.9 Å². The van der Waals surface area contributed by atoms with Gasteiger partial charge in [0.1, 0.15) is 6.61 Å². The molecule has 0 bridgehead atoms. The minimum absolute atomic E-state index is 0.247. The normalized spacial score (nSPS) is 10.1. The summed E-state index contributed by atoms with van der Waals surface area (Å²) in [5.41, 5.74) is 2.76. The van der Waals surface area contributed by atoms with Gasteiger partial charge in [0.2, 0.25) is 0 Å². The van der Waals surface area contributed by atoms with E-state index in [0.717, 1.165) is 21.3 Å². The summed E-state index contributed by atoms with van der Waals surface area (Å²) in [4.78, 5) is 11.5. The summed E-state index contributed by atoms with van der Waals surface area (Å²) in [5, 5.41) is 2.73. The third-order valence-corrected chi connectivity index (χ3v) is 2.70. The number of anilines is 1. The molecule has 1 aromatic rings. The summed E-state index contributed by atoms with van der Waals surface area (Å²) in [5.74, 6) is 0. The van der Waals surface area contributed by atoms with Crippen LogP contribution in [-0.2, 0) is 9.47 Å². The van der Waals surface area contributed by atoms with Crippen LogP contribution in [0.3, 0.4) is 0 Å². The van der Waals surface area contributed by atoms with Crippen molar-refractivity contribution in [2.75, 3.05) is 25.6 Å². The van der Waals surface area contributed by atoms with Crippen molar-refractivity contribution in [3.05, 3.63) is 27.7 Å². The van der Waals surface area contributed by atoms with Gasteiger partial charge >= 0.3 is 6.09 Å². The Balaban J connectivity index is 2.65. The Morgan fingerprint density at radius 3 is 2.41 bits per heavy atom. The van der Waals surface area contributed by atoms with Crippen molar-refractivity contribution in [3.63, 3.8) is 0 Å². The summed E-state index contributed by atoms with van der Waals surface area (Å²) in [7, 11) is 1.56. The molecule has 0 aliphatic heterocycles. The smallest absolute Gasteiger partial charge is 0.411 e. The molecular weight excluding hydrogens is 286 g/mol. The molecule has 1 rings (SSSR count). The van der Waals surface area contributed by atoms with Gasteiger partial charge in [0, 0.05) is 17.3 Å². The highest BCUT2D eigenvalue weighted by Crippen LogP contribution is 2.25. The van der Waals surface area contributed by atoms with Gasteiger partial charge in [-0.05, 0) is 37.1 Å². The van der Waals surface area contributed by atoms with E-state index < -0.39 is 6.09 Å². The van der Waals surface area contributed by atoms with E-state index in [4.69, 9.17) is 9.47 Å². The summed E-state index contributed by atoms with van der Waals surface area (Å²) in [6.45, 7) is 4.51. The maximum absolute atomic E-state index is 11.5. The van der Waals surface area contributed by atoms with E-state index in [1.165, 1.54) is 0 Å². The zero-order chi connectivity index (χ0) is 12.8. The molecule has 0 atom stereocenters. The molecule has 0 heterocycles. The van der Waals surface area contributed by atoms with Crippen molar-refractivity contribution >= 4 is 27.7 Å². The second-order valence-corrected chi connectivity index (χ2v) is 4.58. The molecule has 4 nitrogen and oxygen atoms in total. The Morgan fingerprint density at radius 2 is 1.88 bits per heavy atom. The van der Waals surface area contributed by atoms with Crippen LogP contribution in [0, 0.1) is 13.8 Å². The van der Waals surface area contributed by atoms with Gasteiger partial charge in [0.25, 0.3) is 0 Å². The van der Waals surface area contributed by atoms with Crippen molar-refractivity contribution in [3.8, 4) is 0 Å². The molecule has 0 aliphatic carbocycles. The summed E-state index contributed by atoms with van der Waals surface area (Å²) >= 11 is 3.40. The average Bonchev–Trinajstić information content (AvgIpc) is 2.24. The minimum atomic E-state index is -0.462. The highest BCUT2D eigenvalue weighted by molar-refractivity contribution is 9.10. The fraction of sp³-hybridized carbons (Fsp3) is 0.417. The number of amides is 1. The number of aryl methyl sites for hydroxylation is 2. The SMILES string of the molecule is COCCOC(=O)Nc1c(C)cc(Br)cc1C. The fourth-order valence-electron chi connectivity index (χ4n) is 1.46. The first-order valence-corrected chi connectivity index (χ1v) is 6.03. The Morgan fingerprint density at radius 1 is 1.29 bits per heavy atom. The molecule has 1 aromatic carbocycles. The second-order valence-electron chi connectivity index (χ2n) is 3.67. The lowest BCUT2D eigenvalue weighted by molar-refractivity contribution is 0.107. The molecular formula is C12H16BrNO3. The van der Waals surface area contributed by atoms with Crippen LogP contribution in [0.1, 0.15) is 11.1 Å². The third kappa shape index (κ3) is 4.36. The van der Waals surface area contributed by atoms with E-state index in [1.54, 1.807) is 7.11 Å². The Bertz CT molecular complexity index is 384. The van der Waals surface area contributed by atoms with Crippen LogP contribution in [0.5, 0.6) is 0 Å². The highest BCUT2D eigenvalue weighted by atomic mass is 79.9. The number of methoxy groups -OCH3 is 1. The number of carbonyl (C=O) groups is 1. The first-order chi connectivity index (χ1) is 8.04. The average molecular weight is 302 g/mol. The van der Waals surface area contributed by atoms with Crippen molar-refractivity contribution in [1.29, 1.82) is 0 Å². The molecule has 1 N–H and O–H groups in total. The van der Waals surface area contributed by atoms with Crippen LogP contribution >= 0.6 is 15.9 Å². The van der Waals surface area contributed by atoms with Crippen molar-refractivity contribution in [2.45, 2.75) is 13.8 Å². The first-order valence-electron chi connectivity index (χ1n) is 5.24. The van der Waals surface area contributed by atoms with E-state index in [-0.39, 0.29) is 6.61 Å². The lowest BCUT2D eigenvalue weighted by Crippen LogP contribution is -2.17. The van der Waals surface area contributed by atoms with Crippen LogP contribution in [0.15, 0.2) is 16.6 Å². The van der Waals surface area contributed by atoms with Crippen molar-refractivity contribution in [1.82, 2.24) is 0 Å². The van der Waals surface area contributed by atoms with Crippen LogP contribution < -0.4 is 5.32 Å². The molecule has 17 heavy (non-hydrogen) atoms. The van der Waals surface area contributed by atoms with Gasteiger partial charge in [-0.2, -0.15) is 0 Å². The Labute approximate surface area is 109 Å². The number of hydrogen-bond donors (Lipinski definition) is 1. The quantitative estimate of drug-likeness (QED) is 0.868. The number of hydrogen-bond acceptors (Lipinski definition) is 3. The van der Waals surface area contributed by atoms with Gasteiger partial charge < -0.3 is 9.47 Å². The van der Waals surface area contributed by atoms with Gasteiger partial charge in [0.05, 0.1) is 6.61 Å². The largest absolute Gasteiger partial charge is 0.447 e. The molecule has 1 amide bonds. The van der Waals surface area contributed by atoms with E-state index in [1.807, 2.05) is 26.0 Å². The number of benzene rings is 1. The Hall–Kier alpha value is -1.07. The van der Waals surface area contributed by atoms with Gasteiger partial charge in [-0.25, -0.2) is 4.79 Å². The molecule has 0 fully saturated rings. The van der Waals surface area contributed by atoms with Crippen LogP contribution in [0.4, 0.5) is 10.5 Å². The zero-order valence-electron chi connectivity index (χ0n) is 10.2. The van der Waals surface area contributed by atoms with Gasteiger partial charge in [-0.15, -0.1) is 0 Å². The molecule has 0 spiro atoms. The fourth-order valence-corrected chi connectivity index (χ4v) is 2.15. The number of halogens is 1. The first kappa shape index (κ1) is 14.0. The number of ether oxygens (including phenoxy) is 2. The summed E-state index contributed by atoms with van der Waals surface area (Å²) < 4.78 is 10.7. The molecule has 0 radical (unpaired) electrons. The van der Waals surface area contributed by atoms with Crippen LogP contribution in [-0.4, -0.2) is 26.4 Å². The second kappa shape index (κ2) is 6.61. The standard InChI is InChI=1S/C12H16BrNO3/c1-8-6-10(13)7-9(2)11(8)14-12(15)17-5-4-16-3/h6-7H,4-5H2,1-3H3,(H,14,15). The predicted molar refractivity (Wildman–Crippen MR) is 70.5 cm³/mol. The van der Waals surface area contributed by atoms with Gasteiger partial charge in [0.15, 0.2) is 0 Å². The lowest BCUT2D eigenvalue weighted by atomic mass is 10.1. The van der Waals surface area contributed by atoms with Crippen molar-refractivity contribution in [2.24, 2.45) is 0 Å².